The molecule has 104 valence electrons. The third-order valence-electron chi connectivity index (χ3n) is 2.97. The maximum atomic E-state index is 12.0. The van der Waals surface area contributed by atoms with Gasteiger partial charge in [-0.1, -0.05) is 0 Å². The van der Waals surface area contributed by atoms with E-state index in [1.165, 1.54) is 11.3 Å². The van der Waals surface area contributed by atoms with Crippen LogP contribution in [0.25, 0.3) is 10.6 Å². The van der Waals surface area contributed by atoms with Gasteiger partial charge in [-0.25, -0.2) is 9.78 Å². The average molecular weight is 292 g/mol. The van der Waals surface area contributed by atoms with E-state index < -0.39 is 12.1 Å². The van der Waals surface area contributed by atoms with Crippen molar-refractivity contribution in [2.75, 3.05) is 6.54 Å². The van der Waals surface area contributed by atoms with Gasteiger partial charge in [-0.3, -0.25) is 4.79 Å². The van der Waals surface area contributed by atoms with Crippen LogP contribution < -0.4 is 5.32 Å². The molecule has 0 aliphatic carbocycles. The largest absolute Gasteiger partial charge is 0.472 e. The van der Waals surface area contributed by atoms with E-state index in [9.17, 15) is 9.59 Å². The minimum absolute atomic E-state index is 0.213. The number of aromatic nitrogens is 1. The summed E-state index contributed by atoms with van der Waals surface area (Å²) in [6, 6.07) is 1.77. The molecule has 1 aliphatic rings. The summed E-state index contributed by atoms with van der Waals surface area (Å²) in [5.74, 6) is -0.812. The van der Waals surface area contributed by atoms with Crippen molar-refractivity contribution in [1.82, 2.24) is 10.3 Å². The summed E-state index contributed by atoms with van der Waals surface area (Å²) in [7, 11) is 0. The van der Waals surface area contributed by atoms with Crippen LogP contribution in [0, 0.1) is 0 Å². The zero-order chi connectivity index (χ0) is 13.9. The van der Waals surface area contributed by atoms with Crippen LogP contribution >= 0.6 is 11.3 Å². The van der Waals surface area contributed by atoms with Crippen molar-refractivity contribution in [2.24, 2.45) is 0 Å². The first-order valence-corrected chi connectivity index (χ1v) is 7.09. The van der Waals surface area contributed by atoms with Crippen LogP contribution in [0.2, 0.25) is 0 Å². The Kier molecular flexibility index (Phi) is 3.51. The van der Waals surface area contributed by atoms with Gasteiger partial charge in [0, 0.05) is 17.5 Å². The Morgan fingerprint density at radius 2 is 2.45 bits per heavy atom. The molecule has 3 rings (SSSR count). The molecule has 0 unspecified atom stereocenters. The Balaban J connectivity index is 1.70. The highest BCUT2D eigenvalue weighted by Crippen LogP contribution is 2.24. The van der Waals surface area contributed by atoms with E-state index >= 15 is 0 Å². The standard InChI is InChI=1S/C13H12N2O4S/c16-11-10(2-1-4-14-11)19-13(17)9-7-20-12(15-9)8-3-5-18-6-8/h3,5-7,10H,1-2,4H2,(H,14,16)/t10-/m1/s1. The van der Waals surface area contributed by atoms with Gasteiger partial charge in [-0.15, -0.1) is 11.3 Å². The highest BCUT2D eigenvalue weighted by atomic mass is 32.1. The zero-order valence-electron chi connectivity index (χ0n) is 10.5. The minimum atomic E-state index is -0.713. The van der Waals surface area contributed by atoms with Crippen LogP contribution in [0.4, 0.5) is 0 Å². The fraction of sp³-hybridized carbons (Fsp3) is 0.308. The van der Waals surface area contributed by atoms with Gasteiger partial charge in [0.05, 0.1) is 6.26 Å². The van der Waals surface area contributed by atoms with Crippen LogP contribution in [0.15, 0.2) is 28.4 Å². The number of furan rings is 1. The molecule has 3 heterocycles. The number of hydrogen-bond donors (Lipinski definition) is 1. The van der Waals surface area contributed by atoms with E-state index in [0.29, 0.717) is 18.0 Å². The van der Waals surface area contributed by atoms with E-state index in [1.807, 2.05) is 0 Å². The van der Waals surface area contributed by atoms with Crippen LogP contribution in [0.3, 0.4) is 0 Å². The van der Waals surface area contributed by atoms with Crippen molar-refractivity contribution in [3.63, 3.8) is 0 Å². The lowest BCUT2D eigenvalue weighted by Crippen LogP contribution is -2.42. The van der Waals surface area contributed by atoms with Gasteiger partial charge in [0.25, 0.3) is 5.91 Å². The molecule has 0 spiro atoms. The quantitative estimate of drug-likeness (QED) is 0.873. The number of ether oxygens (including phenoxy) is 1. The second-order valence-corrected chi connectivity index (χ2v) is 5.24. The van der Waals surface area contributed by atoms with Crippen molar-refractivity contribution in [2.45, 2.75) is 18.9 Å². The number of esters is 1. The zero-order valence-corrected chi connectivity index (χ0v) is 11.3. The predicted octanol–water partition coefficient (Wildman–Crippen LogP) is 1.84. The second kappa shape index (κ2) is 5.46. The lowest BCUT2D eigenvalue weighted by molar-refractivity contribution is -0.132. The molecule has 20 heavy (non-hydrogen) atoms. The number of piperidine rings is 1. The highest BCUT2D eigenvalue weighted by molar-refractivity contribution is 7.13. The Bertz CT molecular complexity index is 620. The molecule has 1 fully saturated rings. The molecule has 1 N–H and O–H groups in total. The van der Waals surface area contributed by atoms with Crippen LogP contribution in [0.5, 0.6) is 0 Å². The number of rotatable bonds is 3. The molecule has 1 atom stereocenters. The summed E-state index contributed by atoms with van der Waals surface area (Å²) in [6.07, 6.45) is 3.75. The summed E-state index contributed by atoms with van der Waals surface area (Å²) in [4.78, 5) is 27.7. The lowest BCUT2D eigenvalue weighted by Gasteiger charge is -2.21. The third kappa shape index (κ3) is 2.57. The molecule has 2 aromatic rings. The van der Waals surface area contributed by atoms with Crippen molar-refractivity contribution in [3.05, 3.63) is 29.7 Å². The maximum absolute atomic E-state index is 12.0. The first kappa shape index (κ1) is 12.9. The van der Waals surface area contributed by atoms with Crippen molar-refractivity contribution in [1.29, 1.82) is 0 Å². The summed E-state index contributed by atoms with van der Waals surface area (Å²) in [6.45, 7) is 0.633. The van der Waals surface area contributed by atoms with E-state index in [4.69, 9.17) is 9.15 Å². The molecule has 1 amide bonds. The van der Waals surface area contributed by atoms with Gasteiger partial charge in [-0.2, -0.15) is 0 Å². The Morgan fingerprint density at radius 1 is 1.55 bits per heavy atom. The molecule has 6 nitrogen and oxygen atoms in total. The van der Waals surface area contributed by atoms with Crippen LogP contribution in [-0.2, 0) is 9.53 Å². The minimum Gasteiger partial charge on any atom is -0.472 e. The first-order valence-electron chi connectivity index (χ1n) is 6.21. The van der Waals surface area contributed by atoms with Gasteiger partial charge in [0.15, 0.2) is 11.8 Å². The number of nitrogens with one attached hydrogen (secondary N) is 1. The molecule has 0 radical (unpaired) electrons. The molecule has 7 heteroatoms. The number of carbonyl (C=O) groups excluding carboxylic acids is 2. The molecular formula is C13H12N2O4S. The van der Waals surface area contributed by atoms with Crippen LogP contribution in [0.1, 0.15) is 23.3 Å². The Morgan fingerprint density at radius 3 is 3.20 bits per heavy atom. The van der Waals surface area contributed by atoms with Crippen LogP contribution in [-0.4, -0.2) is 29.5 Å². The highest BCUT2D eigenvalue weighted by Gasteiger charge is 2.27. The van der Waals surface area contributed by atoms with Crippen molar-refractivity contribution < 1.29 is 18.7 Å². The molecule has 0 aromatic carbocycles. The molecule has 2 aromatic heterocycles. The summed E-state index contributed by atoms with van der Waals surface area (Å²) < 4.78 is 10.2. The monoisotopic (exact) mass is 292 g/mol. The van der Waals surface area contributed by atoms with Crippen molar-refractivity contribution >= 4 is 23.2 Å². The van der Waals surface area contributed by atoms with E-state index in [2.05, 4.69) is 10.3 Å². The number of thiazole rings is 1. The smallest absolute Gasteiger partial charge is 0.358 e. The molecule has 0 bridgehead atoms. The average Bonchev–Trinajstić information content (AvgIpc) is 3.11. The summed E-state index contributed by atoms with van der Waals surface area (Å²) >= 11 is 1.33. The molecule has 1 aliphatic heterocycles. The lowest BCUT2D eigenvalue weighted by atomic mass is 10.1. The van der Waals surface area contributed by atoms with Gasteiger partial charge < -0.3 is 14.5 Å². The Hall–Kier alpha value is -2.15. The van der Waals surface area contributed by atoms with E-state index in [0.717, 1.165) is 12.0 Å². The predicted molar refractivity (Wildman–Crippen MR) is 71.3 cm³/mol. The van der Waals surface area contributed by atoms with Crippen molar-refractivity contribution in [3.8, 4) is 10.6 Å². The van der Waals surface area contributed by atoms with Gasteiger partial charge in [0.2, 0.25) is 0 Å². The molecule has 1 saturated heterocycles. The maximum Gasteiger partial charge on any atom is 0.358 e. The fourth-order valence-electron chi connectivity index (χ4n) is 1.93. The first-order chi connectivity index (χ1) is 9.74. The number of hydrogen-bond acceptors (Lipinski definition) is 6. The molecule has 0 saturated carbocycles. The fourth-order valence-corrected chi connectivity index (χ4v) is 2.71. The SMILES string of the molecule is O=C(O[C@@H]1CCCNC1=O)c1csc(-c2ccoc2)n1. The van der Waals surface area contributed by atoms with Gasteiger partial charge in [-0.05, 0) is 18.9 Å². The number of carbonyl (C=O) groups is 2. The number of nitrogens with zero attached hydrogens (tertiary/aromatic N) is 1. The second-order valence-electron chi connectivity index (χ2n) is 4.38. The van der Waals surface area contributed by atoms with E-state index in [-0.39, 0.29) is 11.6 Å². The van der Waals surface area contributed by atoms with Gasteiger partial charge in [0.1, 0.15) is 11.3 Å². The third-order valence-corrected chi connectivity index (χ3v) is 3.86. The summed E-state index contributed by atoms with van der Waals surface area (Å²) in [5.41, 5.74) is 1.02. The topological polar surface area (TPSA) is 81.4 Å². The van der Waals surface area contributed by atoms with Gasteiger partial charge >= 0.3 is 5.97 Å². The number of amides is 1. The summed E-state index contributed by atoms with van der Waals surface area (Å²) in [5, 5.41) is 4.97. The normalized spacial score (nSPS) is 18.6. The Labute approximate surface area is 118 Å². The van der Waals surface area contributed by atoms with E-state index in [1.54, 1.807) is 24.0 Å². The molecular weight excluding hydrogens is 280 g/mol.